The van der Waals surface area contributed by atoms with Crippen LogP contribution in [0.25, 0.3) is 0 Å². The lowest BCUT2D eigenvalue weighted by atomic mass is 10.1. The Bertz CT molecular complexity index is 631. The van der Waals surface area contributed by atoms with E-state index in [4.69, 9.17) is 5.73 Å². The van der Waals surface area contributed by atoms with Gasteiger partial charge >= 0.3 is 0 Å². The van der Waals surface area contributed by atoms with Crippen LogP contribution in [0.3, 0.4) is 0 Å². The average Bonchev–Trinajstić information content (AvgIpc) is 2.37. The number of halogens is 2. The Labute approximate surface area is 141 Å². The summed E-state index contributed by atoms with van der Waals surface area (Å²) in [5.74, 6) is 0. The number of hydrogen-bond donors (Lipinski definition) is 1. The standard InChI is InChI=1S/C12H17N3O4S.2ClH/c1-20(18,19)12-3-2-10(15(16)17)8-11(12)14-6-4-9(13)5-7-14;;/h2-3,8-9H,4-7,13H2,1H3;2*1H. The van der Waals surface area contributed by atoms with Crippen LogP contribution in [0.4, 0.5) is 11.4 Å². The molecule has 0 aliphatic carbocycles. The molecule has 1 aromatic rings. The van der Waals surface area contributed by atoms with Crippen molar-refractivity contribution in [2.75, 3.05) is 24.2 Å². The Morgan fingerprint density at radius 1 is 1.27 bits per heavy atom. The zero-order valence-electron chi connectivity index (χ0n) is 12.0. The number of nitro benzene ring substituents is 1. The molecule has 1 fully saturated rings. The molecule has 1 heterocycles. The molecule has 2 N–H and O–H groups in total. The smallest absolute Gasteiger partial charge is 0.271 e. The van der Waals surface area contributed by atoms with E-state index in [0.29, 0.717) is 18.8 Å². The molecule has 0 aromatic heterocycles. The third kappa shape index (κ3) is 4.70. The van der Waals surface area contributed by atoms with Crippen LogP contribution in [0.1, 0.15) is 12.8 Å². The Morgan fingerprint density at radius 3 is 2.27 bits per heavy atom. The molecule has 1 aromatic carbocycles. The third-order valence-corrected chi connectivity index (χ3v) is 4.58. The average molecular weight is 372 g/mol. The molecule has 0 radical (unpaired) electrons. The number of nitrogens with zero attached hydrogens (tertiary/aromatic N) is 2. The number of sulfone groups is 1. The lowest BCUT2D eigenvalue weighted by Gasteiger charge is -2.32. The number of piperidine rings is 1. The Morgan fingerprint density at radius 2 is 1.82 bits per heavy atom. The first-order chi connectivity index (χ1) is 9.29. The van der Waals surface area contributed by atoms with Crippen molar-refractivity contribution in [2.24, 2.45) is 5.73 Å². The van der Waals surface area contributed by atoms with Crippen molar-refractivity contribution < 1.29 is 13.3 Å². The van der Waals surface area contributed by atoms with Gasteiger partial charge in [0.1, 0.15) is 0 Å². The van der Waals surface area contributed by atoms with Gasteiger partial charge in [0.2, 0.25) is 0 Å². The Kier molecular flexibility index (Phi) is 7.56. The molecule has 0 bridgehead atoms. The molecule has 126 valence electrons. The van der Waals surface area contributed by atoms with Crippen LogP contribution in [0, 0.1) is 10.1 Å². The topological polar surface area (TPSA) is 107 Å². The van der Waals surface area contributed by atoms with Crippen molar-refractivity contribution in [2.45, 2.75) is 23.8 Å². The minimum atomic E-state index is -3.43. The molecular weight excluding hydrogens is 353 g/mol. The fraction of sp³-hybridized carbons (Fsp3) is 0.500. The molecule has 0 atom stereocenters. The Balaban J connectivity index is 0.00000220. The summed E-state index contributed by atoms with van der Waals surface area (Å²) in [4.78, 5) is 12.3. The van der Waals surface area contributed by atoms with E-state index in [9.17, 15) is 18.5 Å². The van der Waals surface area contributed by atoms with Crippen LogP contribution in [0.2, 0.25) is 0 Å². The second-order valence-corrected chi connectivity index (χ2v) is 6.99. The van der Waals surface area contributed by atoms with Gasteiger partial charge in [0, 0.05) is 37.5 Å². The van der Waals surface area contributed by atoms with E-state index in [-0.39, 0.29) is 41.4 Å². The second kappa shape index (κ2) is 7.96. The highest BCUT2D eigenvalue weighted by Gasteiger charge is 2.24. The minimum absolute atomic E-state index is 0. The second-order valence-electron chi connectivity index (χ2n) is 5.01. The molecule has 0 spiro atoms. The van der Waals surface area contributed by atoms with Gasteiger partial charge in [-0.15, -0.1) is 24.8 Å². The predicted octanol–water partition coefficient (Wildman–Crippen LogP) is 1.77. The van der Waals surface area contributed by atoms with Crippen molar-refractivity contribution in [3.05, 3.63) is 28.3 Å². The van der Waals surface area contributed by atoms with E-state index in [2.05, 4.69) is 0 Å². The zero-order valence-corrected chi connectivity index (χ0v) is 14.4. The van der Waals surface area contributed by atoms with Gasteiger partial charge < -0.3 is 10.6 Å². The minimum Gasteiger partial charge on any atom is -0.370 e. The maximum absolute atomic E-state index is 11.8. The number of non-ortho nitro benzene ring substituents is 1. The van der Waals surface area contributed by atoms with Gasteiger partial charge in [-0.2, -0.15) is 0 Å². The Hall–Kier alpha value is -1.09. The normalized spacial score (nSPS) is 15.6. The van der Waals surface area contributed by atoms with Gasteiger partial charge in [-0.25, -0.2) is 8.42 Å². The summed E-state index contributed by atoms with van der Waals surface area (Å²) >= 11 is 0. The monoisotopic (exact) mass is 371 g/mol. The summed E-state index contributed by atoms with van der Waals surface area (Å²) in [7, 11) is -3.43. The summed E-state index contributed by atoms with van der Waals surface area (Å²) in [6, 6.07) is 3.95. The van der Waals surface area contributed by atoms with Gasteiger partial charge in [-0.3, -0.25) is 10.1 Å². The number of nitro groups is 1. The van der Waals surface area contributed by atoms with Gasteiger partial charge in [0.25, 0.3) is 5.69 Å². The third-order valence-electron chi connectivity index (χ3n) is 3.43. The molecule has 1 saturated heterocycles. The maximum atomic E-state index is 11.8. The van der Waals surface area contributed by atoms with E-state index in [1.807, 2.05) is 4.90 Å². The molecule has 0 saturated carbocycles. The molecule has 2 rings (SSSR count). The molecule has 1 aliphatic heterocycles. The maximum Gasteiger partial charge on any atom is 0.271 e. The van der Waals surface area contributed by atoms with E-state index >= 15 is 0 Å². The predicted molar refractivity (Wildman–Crippen MR) is 90.1 cm³/mol. The quantitative estimate of drug-likeness (QED) is 0.640. The first kappa shape index (κ1) is 20.9. The number of hydrogen-bond acceptors (Lipinski definition) is 6. The summed E-state index contributed by atoms with van der Waals surface area (Å²) in [6.07, 6.45) is 2.59. The van der Waals surface area contributed by atoms with E-state index < -0.39 is 14.8 Å². The fourth-order valence-corrected chi connectivity index (χ4v) is 3.20. The van der Waals surface area contributed by atoms with Crippen LogP contribution in [-0.4, -0.2) is 38.7 Å². The summed E-state index contributed by atoms with van der Waals surface area (Å²) in [5, 5.41) is 10.9. The van der Waals surface area contributed by atoms with Crippen molar-refractivity contribution in [3.8, 4) is 0 Å². The number of benzene rings is 1. The summed E-state index contributed by atoms with van der Waals surface area (Å²) in [5.41, 5.74) is 6.11. The van der Waals surface area contributed by atoms with Crippen LogP contribution in [-0.2, 0) is 9.84 Å². The van der Waals surface area contributed by atoms with Crippen molar-refractivity contribution in [1.29, 1.82) is 0 Å². The first-order valence-electron chi connectivity index (χ1n) is 6.28. The van der Waals surface area contributed by atoms with E-state index in [1.165, 1.54) is 18.2 Å². The van der Waals surface area contributed by atoms with Crippen LogP contribution >= 0.6 is 24.8 Å². The van der Waals surface area contributed by atoms with Crippen LogP contribution < -0.4 is 10.6 Å². The highest BCUT2D eigenvalue weighted by Crippen LogP contribution is 2.31. The highest BCUT2D eigenvalue weighted by atomic mass is 35.5. The molecule has 1 aliphatic rings. The first-order valence-corrected chi connectivity index (χ1v) is 8.17. The van der Waals surface area contributed by atoms with Gasteiger partial charge in [0.15, 0.2) is 9.84 Å². The number of nitrogens with two attached hydrogens (primary N) is 1. The largest absolute Gasteiger partial charge is 0.370 e. The van der Waals surface area contributed by atoms with Crippen LogP contribution in [0.15, 0.2) is 23.1 Å². The van der Waals surface area contributed by atoms with Crippen molar-refractivity contribution in [3.63, 3.8) is 0 Å². The van der Waals surface area contributed by atoms with Gasteiger partial charge in [-0.1, -0.05) is 0 Å². The van der Waals surface area contributed by atoms with Gasteiger partial charge in [-0.05, 0) is 18.9 Å². The lowest BCUT2D eigenvalue weighted by Crippen LogP contribution is -2.40. The molecule has 7 nitrogen and oxygen atoms in total. The van der Waals surface area contributed by atoms with Crippen LogP contribution in [0.5, 0.6) is 0 Å². The fourth-order valence-electron chi connectivity index (χ4n) is 2.32. The molecule has 22 heavy (non-hydrogen) atoms. The van der Waals surface area contributed by atoms with E-state index in [1.54, 1.807) is 0 Å². The van der Waals surface area contributed by atoms with Gasteiger partial charge in [0.05, 0.1) is 15.5 Å². The van der Waals surface area contributed by atoms with Crippen molar-refractivity contribution in [1.82, 2.24) is 0 Å². The molecule has 0 unspecified atom stereocenters. The number of rotatable bonds is 3. The number of anilines is 1. The molecule has 0 amide bonds. The summed E-state index contributed by atoms with van der Waals surface area (Å²) < 4.78 is 23.6. The lowest BCUT2D eigenvalue weighted by molar-refractivity contribution is -0.384. The SMILES string of the molecule is CS(=O)(=O)c1ccc([N+](=O)[O-])cc1N1CCC(N)CC1.Cl.Cl. The van der Waals surface area contributed by atoms with Crippen molar-refractivity contribution >= 4 is 46.0 Å². The van der Waals surface area contributed by atoms with E-state index in [0.717, 1.165) is 19.1 Å². The molecule has 10 heteroatoms. The summed E-state index contributed by atoms with van der Waals surface area (Å²) in [6.45, 7) is 1.20. The zero-order chi connectivity index (χ0) is 14.9. The highest BCUT2D eigenvalue weighted by molar-refractivity contribution is 7.90. The molecular formula is C12H19Cl2N3O4S.